The Morgan fingerprint density at radius 1 is 1.44 bits per heavy atom. The first-order valence-corrected chi connectivity index (χ1v) is 6.50. The van der Waals surface area contributed by atoms with Gasteiger partial charge in [0.2, 0.25) is 5.96 Å². The van der Waals surface area contributed by atoms with Gasteiger partial charge in [-0.25, -0.2) is 10.8 Å². The molecule has 1 fully saturated rings. The average molecular weight is 226 g/mol. The molecular weight excluding hydrogens is 200 g/mol. The molecule has 0 aromatic carbocycles. The van der Waals surface area contributed by atoms with Crippen molar-refractivity contribution in [2.75, 3.05) is 6.54 Å². The first-order valence-electron chi connectivity index (χ1n) is 6.50. The molecule has 94 valence electrons. The number of rotatable bonds is 4. The maximum Gasteiger partial charge on any atom is 0.208 e. The van der Waals surface area contributed by atoms with Gasteiger partial charge in [0.15, 0.2) is 0 Å². The molecule has 0 amide bonds. The van der Waals surface area contributed by atoms with E-state index in [1.807, 2.05) is 0 Å². The van der Waals surface area contributed by atoms with Gasteiger partial charge in [0.25, 0.3) is 0 Å². The summed E-state index contributed by atoms with van der Waals surface area (Å²) in [5.41, 5.74) is 2.77. The fourth-order valence-electron chi connectivity index (χ4n) is 2.25. The van der Waals surface area contributed by atoms with Crippen LogP contribution in [0, 0.1) is 0 Å². The molecule has 0 unspecified atom stereocenters. The first-order chi connectivity index (χ1) is 7.69. The average Bonchev–Trinajstić information content (AvgIpc) is 2.75. The van der Waals surface area contributed by atoms with Gasteiger partial charge in [-0.05, 0) is 33.1 Å². The molecule has 0 aliphatic heterocycles. The molecule has 1 rings (SSSR count). The zero-order chi connectivity index (χ0) is 12.0. The minimum atomic E-state index is 0.441. The van der Waals surface area contributed by atoms with E-state index in [9.17, 15) is 0 Å². The van der Waals surface area contributed by atoms with Crippen LogP contribution >= 0.6 is 0 Å². The molecule has 0 aromatic heterocycles. The SMILES string of the molecule is CCCN(C(=NC1CCCC1)NN)C(C)C. The van der Waals surface area contributed by atoms with Crippen molar-refractivity contribution < 1.29 is 0 Å². The second-order valence-electron chi connectivity index (χ2n) is 4.82. The minimum absolute atomic E-state index is 0.441. The fourth-order valence-corrected chi connectivity index (χ4v) is 2.25. The predicted molar refractivity (Wildman–Crippen MR) is 69.1 cm³/mol. The molecule has 1 aliphatic rings. The van der Waals surface area contributed by atoms with Crippen LogP contribution in [0.2, 0.25) is 0 Å². The van der Waals surface area contributed by atoms with Crippen LogP contribution < -0.4 is 11.3 Å². The van der Waals surface area contributed by atoms with Crippen LogP contribution in [0.3, 0.4) is 0 Å². The molecule has 4 heteroatoms. The van der Waals surface area contributed by atoms with Crippen LogP contribution in [0.1, 0.15) is 52.9 Å². The lowest BCUT2D eigenvalue weighted by Gasteiger charge is -2.29. The van der Waals surface area contributed by atoms with Gasteiger partial charge in [0, 0.05) is 12.6 Å². The van der Waals surface area contributed by atoms with Crippen molar-refractivity contribution in [1.29, 1.82) is 0 Å². The van der Waals surface area contributed by atoms with E-state index in [1.165, 1.54) is 25.7 Å². The minimum Gasteiger partial charge on any atom is -0.340 e. The molecule has 1 aliphatic carbocycles. The van der Waals surface area contributed by atoms with Gasteiger partial charge in [-0.3, -0.25) is 5.43 Å². The monoisotopic (exact) mass is 226 g/mol. The van der Waals surface area contributed by atoms with Crippen molar-refractivity contribution in [2.45, 2.75) is 65.0 Å². The molecule has 0 bridgehead atoms. The Balaban J connectivity index is 2.67. The number of hydrazine groups is 1. The Hall–Kier alpha value is -0.770. The third-order valence-corrected chi connectivity index (χ3v) is 3.12. The summed E-state index contributed by atoms with van der Waals surface area (Å²) in [5, 5.41) is 0. The first kappa shape index (κ1) is 13.3. The maximum absolute atomic E-state index is 5.60. The maximum atomic E-state index is 5.60. The van der Waals surface area contributed by atoms with Crippen LogP contribution in [-0.2, 0) is 0 Å². The van der Waals surface area contributed by atoms with Crippen molar-refractivity contribution in [3.05, 3.63) is 0 Å². The summed E-state index contributed by atoms with van der Waals surface area (Å²) in [5.74, 6) is 6.46. The normalized spacial score (nSPS) is 18.2. The molecule has 16 heavy (non-hydrogen) atoms. The lowest BCUT2D eigenvalue weighted by atomic mass is 10.2. The highest BCUT2D eigenvalue weighted by atomic mass is 15.4. The van der Waals surface area contributed by atoms with Gasteiger partial charge in [-0.1, -0.05) is 19.8 Å². The molecule has 1 saturated carbocycles. The number of hydrogen-bond donors (Lipinski definition) is 2. The van der Waals surface area contributed by atoms with E-state index in [1.54, 1.807) is 0 Å². The highest BCUT2D eigenvalue weighted by Crippen LogP contribution is 2.21. The lowest BCUT2D eigenvalue weighted by molar-refractivity contribution is 0.335. The van der Waals surface area contributed by atoms with Gasteiger partial charge < -0.3 is 4.90 Å². The van der Waals surface area contributed by atoms with Crippen molar-refractivity contribution in [2.24, 2.45) is 10.8 Å². The topological polar surface area (TPSA) is 53.6 Å². The summed E-state index contributed by atoms with van der Waals surface area (Å²) in [7, 11) is 0. The summed E-state index contributed by atoms with van der Waals surface area (Å²) in [6.45, 7) is 7.54. The van der Waals surface area contributed by atoms with E-state index < -0.39 is 0 Å². The van der Waals surface area contributed by atoms with Crippen molar-refractivity contribution in [3.8, 4) is 0 Å². The van der Waals surface area contributed by atoms with Crippen LogP contribution in [0.4, 0.5) is 0 Å². The standard InChI is InChI=1S/C12H26N4/c1-4-9-16(10(2)3)12(15-13)14-11-7-5-6-8-11/h10-11H,4-9,13H2,1-3H3,(H,14,15). The zero-order valence-electron chi connectivity index (χ0n) is 10.9. The Morgan fingerprint density at radius 2 is 2.06 bits per heavy atom. The second-order valence-corrected chi connectivity index (χ2v) is 4.82. The Kier molecular flexibility index (Phi) is 5.60. The van der Waals surface area contributed by atoms with E-state index >= 15 is 0 Å². The van der Waals surface area contributed by atoms with Gasteiger partial charge in [0.1, 0.15) is 0 Å². The molecule has 0 saturated heterocycles. The van der Waals surface area contributed by atoms with E-state index in [0.29, 0.717) is 12.1 Å². The summed E-state index contributed by atoms with van der Waals surface area (Å²) in [6.07, 6.45) is 6.15. The van der Waals surface area contributed by atoms with Crippen molar-refractivity contribution in [3.63, 3.8) is 0 Å². The third kappa shape index (κ3) is 3.67. The number of nitrogens with zero attached hydrogens (tertiary/aromatic N) is 2. The van der Waals surface area contributed by atoms with E-state index in [4.69, 9.17) is 10.8 Å². The predicted octanol–water partition coefficient (Wildman–Crippen LogP) is 1.87. The number of hydrogen-bond acceptors (Lipinski definition) is 2. The number of aliphatic imine (C=N–C) groups is 1. The fraction of sp³-hybridized carbons (Fsp3) is 0.917. The zero-order valence-corrected chi connectivity index (χ0v) is 10.9. The Bertz CT molecular complexity index is 219. The molecule has 3 N–H and O–H groups in total. The smallest absolute Gasteiger partial charge is 0.208 e. The Morgan fingerprint density at radius 3 is 2.50 bits per heavy atom. The van der Waals surface area contributed by atoms with Crippen LogP contribution in [-0.4, -0.2) is 29.5 Å². The number of nitrogens with two attached hydrogens (primary N) is 1. The van der Waals surface area contributed by atoms with Gasteiger partial charge >= 0.3 is 0 Å². The van der Waals surface area contributed by atoms with Crippen LogP contribution in [0.5, 0.6) is 0 Å². The quantitative estimate of drug-likeness (QED) is 0.333. The molecule has 0 aromatic rings. The molecular formula is C12H26N4. The van der Waals surface area contributed by atoms with Crippen LogP contribution in [0.15, 0.2) is 4.99 Å². The van der Waals surface area contributed by atoms with Gasteiger partial charge in [0.05, 0.1) is 6.04 Å². The Labute approximate surface area is 99.3 Å². The number of nitrogens with one attached hydrogen (secondary N) is 1. The summed E-state index contributed by atoms with van der Waals surface area (Å²) in [4.78, 5) is 6.99. The highest BCUT2D eigenvalue weighted by Gasteiger charge is 2.18. The van der Waals surface area contributed by atoms with Gasteiger partial charge in [-0.15, -0.1) is 0 Å². The molecule has 0 heterocycles. The van der Waals surface area contributed by atoms with E-state index in [-0.39, 0.29) is 0 Å². The molecule has 4 nitrogen and oxygen atoms in total. The molecule has 0 spiro atoms. The third-order valence-electron chi connectivity index (χ3n) is 3.12. The molecule has 0 radical (unpaired) electrons. The van der Waals surface area contributed by atoms with Crippen molar-refractivity contribution in [1.82, 2.24) is 10.3 Å². The summed E-state index contributed by atoms with van der Waals surface area (Å²) < 4.78 is 0. The summed E-state index contributed by atoms with van der Waals surface area (Å²) in [6, 6.07) is 0.917. The van der Waals surface area contributed by atoms with E-state index in [2.05, 4.69) is 31.1 Å². The highest BCUT2D eigenvalue weighted by molar-refractivity contribution is 5.79. The van der Waals surface area contributed by atoms with Crippen LogP contribution in [0.25, 0.3) is 0 Å². The largest absolute Gasteiger partial charge is 0.340 e. The molecule has 0 atom stereocenters. The number of guanidine groups is 1. The summed E-state index contributed by atoms with van der Waals surface area (Å²) >= 11 is 0. The van der Waals surface area contributed by atoms with E-state index in [0.717, 1.165) is 18.9 Å². The van der Waals surface area contributed by atoms with Gasteiger partial charge in [-0.2, -0.15) is 0 Å². The van der Waals surface area contributed by atoms with Crippen molar-refractivity contribution >= 4 is 5.96 Å². The second kappa shape index (κ2) is 6.74. The lowest BCUT2D eigenvalue weighted by Crippen LogP contribution is -2.48.